The fourth-order valence-corrected chi connectivity index (χ4v) is 3.60. The highest BCUT2D eigenvalue weighted by Gasteiger charge is 2.22. The average molecular weight is 337 g/mol. The predicted molar refractivity (Wildman–Crippen MR) is 77.6 cm³/mol. The summed E-state index contributed by atoms with van der Waals surface area (Å²) in [5.74, 6) is -0.375. The van der Waals surface area contributed by atoms with Gasteiger partial charge in [0.15, 0.2) is 0 Å². The second-order valence-corrected chi connectivity index (χ2v) is 7.09. The lowest BCUT2D eigenvalue weighted by Crippen LogP contribution is -2.32. The van der Waals surface area contributed by atoms with Gasteiger partial charge in [-0.3, -0.25) is 4.79 Å². The molecular formula is C12H14Cl2N2O3S. The summed E-state index contributed by atoms with van der Waals surface area (Å²) in [5, 5.41) is 7.71. The Labute approximate surface area is 127 Å². The molecule has 1 fully saturated rings. The number of nitrogens with one attached hydrogen (secondary N) is 1. The lowest BCUT2D eigenvalue weighted by molar-refractivity contribution is 0.0937. The van der Waals surface area contributed by atoms with E-state index in [0.29, 0.717) is 0 Å². The third kappa shape index (κ3) is 3.44. The molecule has 0 radical (unpaired) electrons. The maximum atomic E-state index is 12.1. The van der Waals surface area contributed by atoms with E-state index in [2.05, 4.69) is 5.32 Å². The summed E-state index contributed by atoms with van der Waals surface area (Å²) in [6, 6.07) is 2.60. The zero-order chi connectivity index (χ0) is 14.9. The van der Waals surface area contributed by atoms with Gasteiger partial charge in [0.05, 0.1) is 10.0 Å². The molecule has 1 aliphatic carbocycles. The number of nitrogens with two attached hydrogens (primary N) is 1. The zero-order valence-corrected chi connectivity index (χ0v) is 12.9. The summed E-state index contributed by atoms with van der Waals surface area (Å²) in [4.78, 5) is 11.8. The molecule has 0 saturated heterocycles. The van der Waals surface area contributed by atoms with Crippen LogP contribution in [0.5, 0.6) is 0 Å². The largest absolute Gasteiger partial charge is 0.349 e. The van der Waals surface area contributed by atoms with Crippen LogP contribution < -0.4 is 10.5 Å². The van der Waals surface area contributed by atoms with Gasteiger partial charge in [0, 0.05) is 11.6 Å². The summed E-state index contributed by atoms with van der Waals surface area (Å²) in [6.07, 6.45) is 4.01. The Morgan fingerprint density at radius 2 is 1.85 bits per heavy atom. The fourth-order valence-electron chi connectivity index (χ4n) is 2.24. The zero-order valence-electron chi connectivity index (χ0n) is 10.5. The number of halogens is 2. The second-order valence-electron chi connectivity index (χ2n) is 4.77. The summed E-state index contributed by atoms with van der Waals surface area (Å²) in [5.41, 5.74) is 0.135. The van der Waals surface area contributed by atoms with Crippen LogP contribution in [0, 0.1) is 0 Å². The third-order valence-corrected chi connectivity index (χ3v) is 5.10. The SMILES string of the molecule is NS(=O)(=O)c1cc(C(=O)NC2CCCC2)cc(Cl)c1Cl. The van der Waals surface area contributed by atoms with E-state index in [1.165, 1.54) is 6.07 Å². The molecule has 1 saturated carbocycles. The van der Waals surface area contributed by atoms with Gasteiger partial charge in [0.1, 0.15) is 4.90 Å². The summed E-state index contributed by atoms with van der Waals surface area (Å²) < 4.78 is 22.9. The number of primary sulfonamides is 1. The van der Waals surface area contributed by atoms with Crippen molar-refractivity contribution >= 4 is 39.1 Å². The van der Waals surface area contributed by atoms with E-state index < -0.39 is 10.0 Å². The number of hydrogen-bond acceptors (Lipinski definition) is 3. The predicted octanol–water partition coefficient (Wildman–Crippen LogP) is 2.31. The lowest BCUT2D eigenvalue weighted by Gasteiger charge is -2.13. The minimum Gasteiger partial charge on any atom is -0.349 e. The van der Waals surface area contributed by atoms with Crippen molar-refractivity contribution in [1.29, 1.82) is 0 Å². The molecule has 0 spiro atoms. The van der Waals surface area contributed by atoms with Gasteiger partial charge in [-0.25, -0.2) is 13.6 Å². The Balaban J connectivity index is 2.32. The first-order chi connectivity index (χ1) is 9.29. The Morgan fingerprint density at radius 3 is 2.40 bits per heavy atom. The molecule has 1 amide bonds. The molecular weight excluding hydrogens is 323 g/mol. The second kappa shape index (κ2) is 5.89. The van der Waals surface area contributed by atoms with Gasteiger partial charge in [0.25, 0.3) is 5.91 Å². The first kappa shape index (κ1) is 15.6. The quantitative estimate of drug-likeness (QED) is 0.887. The van der Waals surface area contributed by atoms with E-state index in [9.17, 15) is 13.2 Å². The maximum Gasteiger partial charge on any atom is 0.251 e. The smallest absolute Gasteiger partial charge is 0.251 e. The molecule has 2 rings (SSSR count). The van der Waals surface area contributed by atoms with Crippen molar-refractivity contribution in [3.8, 4) is 0 Å². The summed E-state index contributed by atoms with van der Waals surface area (Å²) >= 11 is 11.7. The van der Waals surface area contributed by atoms with E-state index in [1.54, 1.807) is 0 Å². The highest BCUT2D eigenvalue weighted by molar-refractivity contribution is 7.89. The van der Waals surface area contributed by atoms with Crippen LogP contribution in [-0.4, -0.2) is 20.4 Å². The Bertz CT molecular complexity index is 640. The van der Waals surface area contributed by atoms with Crippen LogP contribution in [0.25, 0.3) is 0 Å². The van der Waals surface area contributed by atoms with Crippen molar-refractivity contribution in [3.63, 3.8) is 0 Å². The molecule has 0 unspecified atom stereocenters. The molecule has 8 heteroatoms. The number of amides is 1. The minimum atomic E-state index is -4.04. The van der Waals surface area contributed by atoms with Gasteiger partial charge in [-0.15, -0.1) is 0 Å². The number of hydrogen-bond donors (Lipinski definition) is 2. The maximum absolute atomic E-state index is 12.1. The van der Waals surface area contributed by atoms with Crippen LogP contribution in [0.4, 0.5) is 0 Å². The van der Waals surface area contributed by atoms with E-state index in [-0.39, 0.29) is 32.5 Å². The molecule has 110 valence electrons. The van der Waals surface area contributed by atoms with E-state index >= 15 is 0 Å². The molecule has 20 heavy (non-hydrogen) atoms. The molecule has 1 aromatic carbocycles. The lowest BCUT2D eigenvalue weighted by atomic mass is 10.2. The fraction of sp³-hybridized carbons (Fsp3) is 0.417. The minimum absolute atomic E-state index is 0.0187. The van der Waals surface area contributed by atoms with Crippen molar-refractivity contribution in [1.82, 2.24) is 5.32 Å². The Kier molecular flexibility index (Phi) is 4.59. The van der Waals surface area contributed by atoms with Gasteiger partial charge >= 0.3 is 0 Å². The van der Waals surface area contributed by atoms with Crippen molar-refractivity contribution < 1.29 is 13.2 Å². The standard InChI is InChI=1S/C12H14Cl2N2O3S/c13-9-5-7(6-10(11(9)14)20(15,18)19)12(17)16-8-3-1-2-4-8/h5-6,8H,1-4H2,(H,16,17)(H2,15,18,19). The van der Waals surface area contributed by atoms with Crippen LogP contribution in [0.3, 0.4) is 0 Å². The first-order valence-electron chi connectivity index (χ1n) is 6.12. The van der Waals surface area contributed by atoms with Crippen molar-refractivity contribution in [2.75, 3.05) is 0 Å². The Hall–Kier alpha value is -0.820. The first-order valence-corrected chi connectivity index (χ1v) is 8.42. The van der Waals surface area contributed by atoms with Crippen LogP contribution in [-0.2, 0) is 10.0 Å². The van der Waals surface area contributed by atoms with Gasteiger partial charge in [-0.2, -0.15) is 0 Å². The molecule has 1 aliphatic rings. The number of sulfonamides is 1. The molecule has 1 aromatic rings. The van der Waals surface area contributed by atoms with Crippen molar-refractivity contribution in [2.45, 2.75) is 36.6 Å². The van der Waals surface area contributed by atoms with Gasteiger partial charge in [-0.05, 0) is 25.0 Å². The molecule has 0 heterocycles. The topological polar surface area (TPSA) is 89.3 Å². The van der Waals surface area contributed by atoms with E-state index in [4.69, 9.17) is 28.3 Å². The van der Waals surface area contributed by atoms with Crippen LogP contribution in [0.1, 0.15) is 36.0 Å². The highest BCUT2D eigenvalue weighted by Crippen LogP contribution is 2.30. The van der Waals surface area contributed by atoms with Crippen LogP contribution in [0.15, 0.2) is 17.0 Å². The average Bonchev–Trinajstić information content (AvgIpc) is 2.83. The molecule has 0 bridgehead atoms. The molecule has 5 nitrogen and oxygen atoms in total. The normalized spacial score (nSPS) is 16.4. The van der Waals surface area contributed by atoms with Gasteiger partial charge < -0.3 is 5.32 Å². The van der Waals surface area contributed by atoms with E-state index in [1.807, 2.05) is 0 Å². The third-order valence-electron chi connectivity index (χ3n) is 3.25. The van der Waals surface area contributed by atoms with Crippen molar-refractivity contribution in [3.05, 3.63) is 27.7 Å². The number of carbonyl (C=O) groups excluding carboxylic acids is 1. The highest BCUT2D eigenvalue weighted by atomic mass is 35.5. The van der Waals surface area contributed by atoms with E-state index in [0.717, 1.165) is 31.7 Å². The number of rotatable bonds is 3. The van der Waals surface area contributed by atoms with Crippen LogP contribution >= 0.6 is 23.2 Å². The molecule has 0 atom stereocenters. The summed E-state index contributed by atoms with van der Waals surface area (Å²) in [6.45, 7) is 0. The van der Waals surface area contributed by atoms with Crippen molar-refractivity contribution in [2.24, 2.45) is 5.14 Å². The molecule has 0 aliphatic heterocycles. The van der Waals surface area contributed by atoms with Crippen LogP contribution in [0.2, 0.25) is 10.0 Å². The summed E-state index contributed by atoms with van der Waals surface area (Å²) in [7, 11) is -4.04. The number of carbonyl (C=O) groups is 1. The number of benzene rings is 1. The monoisotopic (exact) mass is 336 g/mol. The molecule has 3 N–H and O–H groups in total. The van der Waals surface area contributed by atoms with Gasteiger partial charge in [-0.1, -0.05) is 36.0 Å². The van der Waals surface area contributed by atoms with Gasteiger partial charge in [0.2, 0.25) is 10.0 Å². The molecule has 0 aromatic heterocycles. The Morgan fingerprint density at radius 1 is 1.25 bits per heavy atom.